The minimum Gasteiger partial charge on any atom is -0.461 e. The fourth-order valence-electron chi connectivity index (χ4n) is 2.28. The van der Waals surface area contributed by atoms with Crippen LogP contribution in [0, 0.1) is 0 Å². The van der Waals surface area contributed by atoms with Gasteiger partial charge in [-0.25, -0.2) is 0 Å². The van der Waals surface area contributed by atoms with E-state index in [1.165, 1.54) is 24.0 Å². The lowest BCUT2D eigenvalue weighted by Gasteiger charge is -2.09. The van der Waals surface area contributed by atoms with Crippen molar-refractivity contribution in [3.63, 3.8) is 0 Å². The van der Waals surface area contributed by atoms with Gasteiger partial charge in [0, 0.05) is 6.42 Å². The molecule has 0 aromatic heterocycles. The number of aliphatic hydroxyl groups excluding tert-OH is 1. The van der Waals surface area contributed by atoms with E-state index in [0.717, 1.165) is 32.1 Å². The smallest absolute Gasteiger partial charge is 0.306 e. The third-order valence-electron chi connectivity index (χ3n) is 3.84. The summed E-state index contributed by atoms with van der Waals surface area (Å²) in [4.78, 5) is 11.6. The van der Waals surface area contributed by atoms with E-state index in [1.807, 2.05) is 6.08 Å². The molecule has 0 aromatic carbocycles. The van der Waals surface area contributed by atoms with Crippen LogP contribution in [0.5, 0.6) is 0 Å². The number of esters is 1. The van der Waals surface area contributed by atoms with Crippen molar-refractivity contribution in [2.45, 2.75) is 91.6 Å². The van der Waals surface area contributed by atoms with Gasteiger partial charge in [-0.15, -0.1) is 0 Å². The van der Waals surface area contributed by atoms with Crippen LogP contribution in [-0.2, 0) is 9.53 Å². The summed E-state index contributed by atoms with van der Waals surface area (Å²) in [6.45, 7) is 8.76. The molecule has 0 aliphatic rings. The summed E-state index contributed by atoms with van der Waals surface area (Å²) in [7, 11) is 0. The van der Waals surface area contributed by atoms with Gasteiger partial charge < -0.3 is 9.84 Å². The minimum atomic E-state index is -0.374. The molecule has 0 spiro atoms. The first kappa shape index (κ1) is 21.9. The lowest BCUT2D eigenvalue weighted by molar-refractivity contribution is -0.143. The molecular formula is C20H36O3. The Kier molecular flexibility index (Phi) is 13.8. The number of allylic oxidation sites excluding steroid dienone is 3. The second kappa shape index (κ2) is 14.5. The van der Waals surface area contributed by atoms with Crippen LogP contribution in [0.3, 0.4) is 0 Å². The molecule has 0 aliphatic heterocycles. The topological polar surface area (TPSA) is 46.5 Å². The maximum atomic E-state index is 11.6. The molecule has 1 atom stereocenters. The van der Waals surface area contributed by atoms with E-state index < -0.39 is 0 Å². The number of hydrogen-bond acceptors (Lipinski definition) is 3. The predicted octanol–water partition coefficient (Wildman–Crippen LogP) is 5.33. The zero-order valence-electron chi connectivity index (χ0n) is 15.6. The zero-order chi connectivity index (χ0) is 17.5. The fraction of sp³-hybridized carbons (Fsp3) is 0.750. The Labute approximate surface area is 142 Å². The van der Waals surface area contributed by atoms with Crippen molar-refractivity contribution < 1.29 is 14.6 Å². The van der Waals surface area contributed by atoms with Crippen LogP contribution in [0.15, 0.2) is 23.3 Å². The van der Waals surface area contributed by atoms with Crippen molar-refractivity contribution in [3.8, 4) is 0 Å². The average molecular weight is 325 g/mol. The number of ether oxygens (including phenoxy) is 1. The molecule has 0 bridgehead atoms. The van der Waals surface area contributed by atoms with E-state index in [2.05, 4.69) is 33.8 Å². The van der Waals surface area contributed by atoms with Gasteiger partial charge in [0.25, 0.3) is 0 Å². The highest BCUT2D eigenvalue weighted by atomic mass is 16.5. The van der Waals surface area contributed by atoms with Crippen molar-refractivity contribution in [2.24, 2.45) is 0 Å². The molecular weight excluding hydrogens is 288 g/mol. The average Bonchev–Trinajstić information content (AvgIpc) is 2.49. The largest absolute Gasteiger partial charge is 0.461 e. The SMILES string of the molecule is CCCCCCC(O)CCC(=O)OC/C=C(\C)CCC=C(C)C. The first-order chi connectivity index (χ1) is 11.0. The molecule has 0 aromatic rings. The van der Waals surface area contributed by atoms with Crippen LogP contribution in [0.2, 0.25) is 0 Å². The van der Waals surface area contributed by atoms with Gasteiger partial charge >= 0.3 is 5.97 Å². The van der Waals surface area contributed by atoms with Crippen LogP contribution < -0.4 is 0 Å². The van der Waals surface area contributed by atoms with Gasteiger partial charge in [-0.2, -0.15) is 0 Å². The zero-order valence-corrected chi connectivity index (χ0v) is 15.6. The van der Waals surface area contributed by atoms with Crippen LogP contribution in [0.1, 0.15) is 85.5 Å². The molecule has 0 rings (SSSR count). The molecule has 0 saturated heterocycles. The normalized spacial score (nSPS) is 12.8. The van der Waals surface area contributed by atoms with Gasteiger partial charge in [0.2, 0.25) is 0 Å². The lowest BCUT2D eigenvalue weighted by Crippen LogP contribution is -2.12. The molecule has 0 heterocycles. The van der Waals surface area contributed by atoms with Crippen LogP contribution >= 0.6 is 0 Å². The Bertz CT molecular complexity index is 365. The van der Waals surface area contributed by atoms with Gasteiger partial charge in [-0.1, -0.05) is 49.8 Å². The number of carbonyl (C=O) groups excluding carboxylic acids is 1. The summed E-state index contributed by atoms with van der Waals surface area (Å²) >= 11 is 0. The quantitative estimate of drug-likeness (QED) is 0.283. The molecule has 0 saturated carbocycles. The van der Waals surface area contributed by atoms with E-state index >= 15 is 0 Å². The van der Waals surface area contributed by atoms with Crippen molar-refractivity contribution >= 4 is 5.97 Å². The molecule has 0 amide bonds. The van der Waals surface area contributed by atoms with E-state index in [4.69, 9.17) is 4.74 Å². The number of hydrogen-bond donors (Lipinski definition) is 1. The number of aliphatic hydroxyl groups is 1. The van der Waals surface area contributed by atoms with E-state index in [1.54, 1.807) is 0 Å². The molecule has 1 N–H and O–H groups in total. The van der Waals surface area contributed by atoms with Crippen LogP contribution in [0.25, 0.3) is 0 Å². The Morgan fingerprint density at radius 2 is 1.78 bits per heavy atom. The first-order valence-corrected chi connectivity index (χ1v) is 9.08. The molecule has 0 radical (unpaired) electrons. The van der Waals surface area contributed by atoms with Crippen LogP contribution in [-0.4, -0.2) is 23.8 Å². The monoisotopic (exact) mass is 324 g/mol. The summed E-state index contributed by atoms with van der Waals surface area (Å²) < 4.78 is 5.19. The van der Waals surface area contributed by atoms with Crippen molar-refractivity contribution in [1.29, 1.82) is 0 Å². The summed E-state index contributed by atoms with van der Waals surface area (Å²) in [5.41, 5.74) is 2.57. The fourth-order valence-corrected chi connectivity index (χ4v) is 2.28. The third kappa shape index (κ3) is 15.6. The Balaban J connectivity index is 3.71. The Morgan fingerprint density at radius 1 is 1.04 bits per heavy atom. The van der Waals surface area contributed by atoms with Gasteiger partial charge in [-0.05, 0) is 52.5 Å². The van der Waals surface area contributed by atoms with Gasteiger partial charge in [0.15, 0.2) is 0 Å². The van der Waals surface area contributed by atoms with E-state index in [9.17, 15) is 9.90 Å². The number of rotatable bonds is 13. The maximum Gasteiger partial charge on any atom is 0.306 e. The van der Waals surface area contributed by atoms with Crippen molar-refractivity contribution in [3.05, 3.63) is 23.3 Å². The minimum absolute atomic E-state index is 0.217. The van der Waals surface area contributed by atoms with Gasteiger partial charge in [0.1, 0.15) is 6.61 Å². The highest BCUT2D eigenvalue weighted by molar-refractivity contribution is 5.69. The molecule has 1 unspecified atom stereocenters. The standard InChI is InChI=1S/C20H36O3/c1-5-6-7-8-12-19(21)13-14-20(22)23-16-15-18(4)11-9-10-17(2)3/h10,15,19,21H,5-9,11-14,16H2,1-4H3/b18-15+. The van der Waals surface area contributed by atoms with Gasteiger partial charge in [-0.3, -0.25) is 4.79 Å². The maximum absolute atomic E-state index is 11.6. The molecule has 23 heavy (non-hydrogen) atoms. The Morgan fingerprint density at radius 3 is 2.43 bits per heavy atom. The predicted molar refractivity (Wildman–Crippen MR) is 97.4 cm³/mol. The summed E-state index contributed by atoms with van der Waals surface area (Å²) in [6.07, 6.45) is 12.1. The van der Waals surface area contributed by atoms with Gasteiger partial charge in [0.05, 0.1) is 6.10 Å². The summed E-state index contributed by atoms with van der Waals surface area (Å²) in [5.74, 6) is -0.217. The van der Waals surface area contributed by atoms with Crippen LogP contribution in [0.4, 0.5) is 0 Å². The number of carbonyl (C=O) groups is 1. The van der Waals surface area contributed by atoms with Crippen molar-refractivity contribution in [2.75, 3.05) is 6.61 Å². The molecule has 3 heteroatoms. The summed E-state index contributed by atoms with van der Waals surface area (Å²) in [5, 5.41) is 9.83. The lowest BCUT2D eigenvalue weighted by atomic mass is 10.1. The Hall–Kier alpha value is -1.09. The second-order valence-electron chi connectivity index (χ2n) is 6.60. The molecule has 3 nitrogen and oxygen atoms in total. The third-order valence-corrected chi connectivity index (χ3v) is 3.84. The number of unbranched alkanes of at least 4 members (excludes halogenated alkanes) is 3. The highest BCUT2D eigenvalue weighted by Crippen LogP contribution is 2.10. The summed E-state index contributed by atoms with van der Waals surface area (Å²) in [6, 6.07) is 0. The second-order valence-corrected chi connectivity index (χ2v) is 6.60. The highest BCUT2D eigenvalue weighted by Gasteiger charge is 2.08. The molecule has 134 valence electrons. The van der Waals surface area contributed by atoms with E-state index in [-0.39, 0.29) is 12.1 Å². The first-order valence-electron chi connectivity index (χ1n) is 9.08. The molecule has 0 aliphatic carbocycles. The van der Waals surface area contributed by atoms with E-state index in [0.29, 0.717) is 19.4 Å². The van der Waals surface area contributed by atoms with Crippen molar-refractivity contribution in [1.82, 2.24) is 0 Å². The molecule has 0 fully saturated rings.